The van der Waals surface area contributed by atoms with Crippen LogP contribution in [-0.2, 0) is 5.41 Å². The van der Waals surface area contributed by atoms with Crippen molar-refractivity contribution in [2.24, 2.45) is 0 Å². The summed E-state index contributed by atoms with van der Waals surface area (Å²) in [4.78, 5) is 4.92. The first kappa shape index (κ1) is 46.9. The lowest BCUT2D eigenvalue weighted by atomic mass is 9.70. The zero-order valence-corrected chi connectivity index (χ0v) is 45.2. The number of nitrogens with zero attached hydrogens (tertiary/aromatic N) is 2. The van der Waals surface area contributed by atoms with Crippen LogP contribution >= 0.6 is 0 Å². The van der Waals surface area contributed by atoms with Gasteiger partial charge < -0.3 is 18.6 Å². The van der Waals surface area contributed by atoms with Crippen LogP contribution in [0.15, 0.2) is 215 Å². The van der Waals surface area contributed by atoms with Crippen LogP contribution in [-0.4, -0.2) is 0 Å². The third-order valence-electron chi connectivity index (χ3n) is 17.0. The number of hydrogen-bond acceptors (Lipinski definition) is 4. The number of hydrogen-bond donors (Lipinski definition) is 0. The highest BCUT2D eigenvalue weighted by Gasteiger charge is 2.54. The Morgan fingerprint density at radius 2 is 0.675 bits per heavy atom. The number of rotatable bonds is 10. The molecule has 0 radical (unpaired) electrons. The maximum atomic E-state index is 7.54. The van der Waals surface area contributed by atoms with Gasteiger partial charge in [-0.25, -0.2) is 0 Å². The van der Waals surface area contributed by atoms with Crippen LogP contribution in [0.3, 0.4) is 0 Å². The molecule has 10 aromatic carbocycles. The second kappa shape index (κ2) is 17.7. The molecule has 1 spiro atoms. The molecular weight excluding hydrogens is 937 g/mol. The van der Waals surface area contributed by atoms with Gasteiger partial charge in [0.2, 0.25) is 0 Å². The zero-order chi connectivity index (χ0) is 52.4. The molecule has 0 unspecified atom stereocenters. The summed E-state index contributed by atoms with van der Waals surface area (Å²) in [5.41, 5.74) is 23.8. The molecule has 0 aliphatic heterocycles. The number of fused-ring (bicyclic) bond motifs is 18. The predicted octanol–water partition coefficient (Wildman–Crippen LogP) is 21.3. The van der Waals surface area contributed by atoms with Crippen molar-refractivity contribution >= 4 is 78.0 Å². The monoisotopic (exact) mass is 998 g/mol. The van der Waals surface area contributed by atoms with Crippen molar-refractivity contribution < 1.29 is 8.83 Å². The van der Waals surface area contributed by atoms with Crippen LogP contribution in [0.25, 0.3) is 66.1 Å². The molecule has 0 saturated carbocycles. The second-order valence-electron chi connectivity index (χ2n) is 22.7. The average Bonchev–Trinajstić information content (AvgIpc) is 4.36. The van der Waals surface area contributed by atoms with E-state index in [1.54, 1.807) is 0 Å². The zero-order valence-electron chi connectivity index (χ0n) is 45.2. The second-order valence-corrected chi connectivity index (χ2v) is 22.7. The molecular formula is C73H62N2O2. The van der Waals surface area contributed by atoms with E-state index < -0.39 is 5.41 Å². The third kappa shape index (κ3) is 6.97. The van der Waals surface area contributed by atoms with Gasteiger partial charge in [0.15, 0.2) is 5.58 Å². The van der Waals surface area contributed by atoms with Gasteiger partial charge in [0, 0.05) is 50.0 Å². The fourth-order valence-electron chi connectivity index (χ4n) is 13.1. The Labute approximate surface area is 451 Å². The van der Waals surface area contributed by atoms with Gasteiger partial charge in [0.05, 0.1) is 22.2 Å². The van der Waals surface area contributed by atoms with E-state index in [4.69, 9.17) is 8.83 Å². The molecule has 4 heteroatoms. The Morgan fingerprint density at radius 3 is 1.12 bits per heavy atom. The highest BCUT2D eigenvalue weighted by molar-refractivity contribution is 6.26. The van der Waals surface area contributed by atoms with Gasteiger partial charge in [-0.3, -0.25) is 0 Å². The predicted molar refractivity (Wildman–Crippen MR) is 323 cm³/mol. The molecule has 12 aromatic rings. The minimum absolute atomic E-state index is 0.389. The Bertz CT molecular complexity index is 4120. The van der Waals surface area contributed by atoms with E-state index in [-0.39, 0.29) is 0 Å². The molecule has 4 nitrogen and oxygen atoms in total. The molecule has 2 aliphatic rings. The molecule has 14 rings (SSSR count). The lowest BCUT2D eigenvalue weighted by molar-refractivity contribution is 0.668. The van der Waals surface area contributed by atoms with Crippen molar-refractivity contribution in [2.75, 3.05) is 9.80 Å². The standard InChI is InChI=1S/C73H62N2O2/c1-43(2)47-25-33-51(34-26-47)74(52-35-27-48(28-36-52)44(3)4)63-41-62-70(72-67(63)57-19-11-15-23-65(57)77-72)69-61(73(62)59-21-13-9-17-55(59)56-18-10-14-22-60(56)73)42-64(71-68(69)58-20-12-16-24-66(58)76-71)75(53-37-29-49(30-38-53)45(5)6)54-39-31-50(32-40-54)46(7)8/h9-46H,1-8H3. The van der Waals surface area contributed by atoms with Crippen molar-refractivity contribution in [3.8, 4) is 22.3 Å². The van der Waals surface area contributed by atoms with Crippen molar-refractivity contribution in [1.82, 2.24) is 0 Å². The van der Waals surface area contributed by atoms with Crippen LogP contribution < -0.4 is 9.80 Å². The van der Waals surface area contributed by atoms with Gasteiger partial charge in [-0.1, -0.05) is 189 Å². The quantitative estimate of drug-likeness (QED) is 0.137. The van der Waals surface area contributed by atoms with E-state index in [0.29, 0.717) is 23.7 Å². The smallest absolute Gasteiger partial charge is 0.160 e. The number of para-hydroxylation sites is 2. The van der Waals surface area contributed by atoms with E-state index in [1.165, 1.54) is 55.6 Å². The highest BCUT2D eigenvalue weighted by atomic mass is 16.3. The molecule has 77 heavy (non-hydrogen) atoms. The Hall–Kier alpha value is -8.60. The summed E-state index contributed by atoms with van der Waals surface area (Å²) in [5, 5.41) is 4.29. The van der Waals surface area contributed by atoms with E-state index >= 15 is 0 Å². The average molecular weight is 999 g/mol. The van der Waals surface area contributed by atoms with E-state index in [2.05, 4.69) is 271 Å². The minimum Gasteiger partial charge on any atom is -0.455 e. The molecule has 0 N–H and O–H groups in total. The van der Waals surface area contributed by atoms with Crippen molar-refractivity contribution in [2.45, 2.75) is 84.5 Å². The van der Waals surface area contributed by atoms with Crippen LogP contribution in [0.2, 0.25) is 0 Å². The van der Waals surface area contributed by atoms with Gasteiger partial charge in [-0.05, 0) is 152 Å². The molecule has 0 saturated heterocycles. The van der Waals surface area contributed by atoms with E-state index in [0.717, 1.165) is 89.1 Å². The van der Waals surface area contributed by atoms with Crippen LogP contribution in [0.4, 0.5) is 34.1 Å². The van der Waals surface area contributed by atoms with Crippen molar-refractivity contribution in [1.29, 1.82) is 0 Å². The van der Waals surface area contributed by atoms with Crippen LogP contribution in [0.1, 0.15) is 124 Å². The van der Waals surface area contributed by atoms with Gasteiger partial charge in [0.1, 0.15) is 16.7 Å². The Morgan fingerprint density at radius 1 is 0.325 bits per heavy atom. The summed E-state index contributed by atoms with van der Waals surface area (Å²) in [6, 6.07) is 77.3. The maximum absolute atomic E-state index is 7.54. The molecule has 376 valence electrons. The number of anilines is 6. The topological polar surface area (TPSA) is 32.8 Å². The maximum Gasteiger partial charge on any atom is 0.160 e. The molecule has 0 bridgehead atoms. The summed E-state index contributed by atoms with van der Waals surface area (Å²) in [5.74, 6) is 1.56. The Balaban J connectivity index is 1.17. The molecule has 0 fully saturated rings. The minimum atomic E-state index is -0.787. The van der Waals surface area contributed by atoms with E-state index in [9.17, 15) is 0 Å². The number of benzene rings is 10. The fraction of sp³-hybridized carbons (Fsp3) is 0.178. The van der Waals surface area contributed by atoms with Crippen molar-refractivity contribution in [3.05, 3.63) is 251 Å². The van der Waals surface area contributed by atoms with Gasteiger partial charge in [0.25, 0.3) is 0 Å². The first-order valence-electron chi connectivity index (χ1n) is 27.7. The summed E-state index contributed by atoms with van der Waals surface area (Å²) < 4.78 is 14.9. The lowest BCUT2D eigenvalue weighted by Gasteiger charge is -2.33. The Kier molecular flexibility index (Phi) is 10.8. The highest BCUT2D eigenvalue weighted by Crippen LogP contribution is 2.68. The summed E-state index contributed by atoms with van der Waals surface area (Å²) >= 11 is 0. The molecule has 0 atom stereocenters. The van der Waals surface area contributed by atoms with Gasteiger partial charge in [-0.15, -0.1) is 0 Å². The van der Waals surface area contributed by atoms with Crippen LogP contribution in [0, 0.1) is 0 Å². The summed E-state index contributed by atoms with van der Waals surface area (Å²) in [7, 11) is 0. The molecule has 2 aliphatic carbocycles. The lowest BCUT2D eigenvalue weighted by Crippen LogP contribution is -2.26. The molecule has 0 amide bonds. The molecule has 2 heterocycles. The summed E-state index contributed by atoms with van der Waals surface area (Å²) in [6.07, 6.45) is 0. The largest absolute Gasteiger partial charge is 0.455 e. The normalized spacial score (nSPS) is 13.2. The first-order valence-corrected chi connectivity index (χ1v) is 27.7. The third-order valence-corrected chi connectivity index (χ3v) is 17.0. The van der Waals surface area contributed by atoms with Crippen molar-refractivity contribution in [3.63, 3.8) is 0 Å². The fourth-order valence-corrected chi connectivity index (χ4v) is 13.1. The molecule has 2 aromatic heterocycles. The SMILES string of the molecule is CC(C)c1ccc(N(c2ccc(C(C)C)cc2)c2cc3c(c4c2oc2ccccc24)-c2c(cc(N(c4ccc(C(C)C)cc4)c4ccc(C(C)C)cc4)c4c2oc2ccccc24)C32c3ccccc3-c3ccccc32)cc1. The number of furan rings is 2. The van der Waals surface area contributed by atoms with Gasteiger partial charge in [-0.2, -0.15) is 0 Å². The van der Waals surface area contributed by atoms with Gasteiger partial charge >= 0.3 is 0 Å². The first-order chi connectivity index (χ1) is 37.5. The summed E-state index contributed by atoms with van der Waals surface area (Å²) in [6.45, 7) is 18.1. The van der Waals surface area contributed by atoms with Crippen LogP contribution in [0.5, 0.6) is 0 Å². The van der Waals surface area contributed by atoms with E-state index in [1.807, 2.05) is 0 Å².